The molecule has 2 aromatic rings. The van der Waals surface area contributed by atoms with E-state index in [-0.39, 0.29) is 24.1 Å². The first kappa shape index (κ1) is 15.0. The van der Waals surface area contributed by atoms with E-state index < -0.39 is 0 Å². The maximum Gasteiger partial charge on any atom is 0.246 e. The Morgan fingerprint density at radius 1 is 1.36 bits per heavy atom. The molecular weight excluding hydrogens is 357 g/mol. The lowest BCUT2D eigenvalue weighted by Crippen LogP contribution is -2.42. The van der Waals surface area contributed by atoms with Crippen LogP contribution in [0.2, 0.25) is 0 Å². The average Bonchev–Trinajstić information content (AvgIpc) is 2.99. The van der Waals surface area contributed by atoms with Gasteiger partial charge in [-0.2, -0.15) is 4.80 Å². The number of aromatic nitrogens is 4. The molecule has 0 aliphatic carbocycles. The minimum atomic E-state index is -0.390. The molecule has 0 N–H and O–H groups in total. The minimum absolute atomic E-state index is 0.0000647. The highest BCUT2D eigenvalue weighted by Crippen LogP contribution is 2.25. The molecule has 2 heterocycles. The highest BCUT2D eigenvalue weighted by Gasteiger charge is 2.19. The molecule has 7 nitrogen and oxygen atoms in total. The van der Waals surface area contributed by atoms with Gasteiger partial charge in [0, 0.05) is 23.1 Å². The Balaban J connectivity index is 1.73. The summed E-state index contributed by atoms with van der Waals surface area (Å²) in [7, 11) is 0. The lowest BCUT2D eigenvalue weighted by Gasteiger charge is -2.26. The lowest BCUT2D eigenvalue weighted by molar-refractivity contribution is -0.136. The van der Waals surface area contributed by atoms with Gasteiger partial charge in [-0.25, -0.2) is 4.39 Å². The number of tetrazole rings is 1. The van der Waals surface area contributed by atoms with E-state index in [4.69, 9.17) is 4.74 Å². The zero-order valence-corrected chi connectivity index (χ0v) is 13.2. The molecule has 0 radical (unpaired) electrons. The molecular formula is C13H13BrFN5O2. The third-order valence-electron chi connectivity index (χ3n) is 3.26. The van der Waals surface area contributed by atoms with E-state index in [1.807, 2.05) is 0 Å². The Bertz CT molecular complexity index is 687. The van der Waals surface area contributed by atoms with Gasteiger partial charge in [0.15, 0.2) is 0 Å². The molecule has 0 spiro atoms. The van der Waals surface area contributed by atoms with Crippen LogP contribution >= 0.6 is 15.9 Å². The predicted octanol–water partition coefficient (Wildman–Crippen LogP) is 1.10. The van der Waals surface area contributed by atoms with Crippen LogP contribution < -0.4 is 0 Å². The fourth-order valence-electron chi connectivity index (χ4n) is 2.12. The number of carbonyl (C=O) groups excluding carboxylic acids is 1. The van der Waals surface area contributed by atoms with Gasteiger partial charge in [0.25, 0.3) is 0 Å². The van der Waals surface area contributed by atoms with Gasteiger partial charge >= 0.3 is 0 Å². The smallest absolute Gasteiger partial charge is 0.246 e. The third kappa shape index (κ3) is 3.30. The van der Waals surface area contributed by atoms with Gasteiger partial charge in [0.1, 0.15) is 12.4 Å². The summed E-state index contributed by atoms with van der Waals surface area (Å²) in [6.45, 7) is 2.21. The molecule has 1 aromatic heterocycles. The first-order chi connectivity index (χ1) is 10.6. The van der Waals surface area contributed by atoms with Crippen LogP contribution in [0.3, 0.4) is 0 Å². The number of nitrogens with zero attached hydrogens (tertiary/aromatic N) is 5. The van der Waals surface area contributed by atoms with Crippen molar-refractivity contribution < 1.29 is 13.9 Å². The summed E-state index contributed by atoms with van der Waals surface area (Å²) in [6.07, 6.45) is 0. The predicted molar refractivity (Wildman–Crippen MR) is 78.3 cm³/mol. The quantitative estimate of drug-likeness (QED) is 0.809. The van der Waals surface area contributed by atoms with Crippen LogP contribution in [0.4, 0.5) is 4.39 Å². The summed E-state index contributed by atoms with van der Waals surface area (Å²) in [6, 6.07) is 4.22. The fraction of sp³-hybridized carbons (Fsp3) is 0.385. The number of morpholine rings is 1. The summed E-state index contributed by atoms with van der Waals surface area (Å²) >= 11 is 3.32. The second-order valence-corrected chi connectivity index (χ2v) is 5.62. The van der Waals surface area contributed by atoms with Crippen LogP contribution in [0, 0.1) is 5.82 Å². The highest BCUT2D eigenvalue weighted by atomic mass is 79.9. The van der Waals surface area contributed by atoms with Gasteiger partial charge in [-0.15, -0.1) is 10.2 Å². The lowest BCUT2D eigenvalue weighted by atomic mass is 10.2. The van der Waals surface area contributed by atoms with E-state index in [0.717, 1.165) is 0 Å². The topological polar surface area (TPSA) is 73.1 Å². The maximum absolute atomic E-state index is 13.3. The highest BCUT2D eigenvalue weighted by molar-refractivity contribution is 9.10. The van der Waals surface area contributed by atoms with Crippen molar-refractivity contribution in [3.63, 3.8) is 0 Å². The number of rotatable bonds is 3. The van der Waals surface area contributed by atoms with Crippen molar-refractivity contribution in [3.8, 4) is 11.4 Å². The first-order valence-electron chi connectivity index (χ1n) is 6.72. The van der Waals surface area contributed by atoms with Gasteiger partial charge in [0.2, 0.25) is 11.7 Å². The molecule has 1 amide bonds. The molecule has 1 saturated heterocycles. The zero-order valence-electron chi connectivity index (χ0n) is 11.6. The van der Waals surface area contributed by atoms with Gasteiger partial charge in [-0.05, 0) is 23.4 Å². The van der Waals surface area contributed by atoms with E-state index in [0.29, 0.717) is 36.3 Å². The Morgan fingerprint density at radius 3 is 2.91 bits per heavy atom. The number of hydrogen-bond acceptors (Lipinski definition) is 5. The van der Waals surface area contributed by atoms with Gasteiger partial charge in [-0.3, -0.25) is 4.79 Å². The van der Waals surface area contributed by atoms with Crippen LogP contribution in [0.25, 0.3) is 11.4 Å². The Morgan fingerprint density at radius 2 is 2.14 bits per heavy atom. The average molecular weight is 370 g/mol. The number of ether oxygens (including phenoxy) is 1. The second kappa shape index (κ2) is 6.49. The van der Waals surface area contributed by atoms with Crippen molar-refractivity contribution in [2.75, 3.05) is 26.3 Å². The van der Waals surface area contributed by atoms with Crippen molar-refractivity contribution in [2.45, 2.75) is 6.54 Å². The van der Waals surface area contributed by atoms with Crippen LogP contribution in [0.5, 0.6) is 0 Å². The molecule has 0 saturated carbocycles. The van der Waals surface area contributed by atoms with Gasteiger partial charge in [-0.1, -0.05) is 15.9 Å². The van der Waals surface area contributed by atoms with E-state index in [9.17, 15) is 9.18 Å². The van der Waals surface area contributed by atoms with Crippen molar-refractivity contribution in [2.24, 2.45) is 0 Å². The Kier molecular flexibility index (Phi) is 4.44. The minimum Gasteiger partial charge on any atom is -0.378 e. The van der Waals surface area contributed by atoms with Crippen LogP contribution in [-0.2, 0) is 16.1 Å². The molecule has 1 aliphatic heterocycles. The van der Waals surface area contributed by atoms with E-state index in [1.165, 1.54) is 16.9 Å². The standard InChI is InChI=1S/C13H13BrFN5O2/c14-11-2-1-9(15)7-10(11)13-16-18-20(17-13)8-12(21)19-3-5-22-6-4-19/h1-2,7H,3-6,8H2. The number of amides is 1. The van der Waals surface area contributed by atoms with Crippen LogP contribution in [0.1, 0.15) is 0 Å². The number of benzene rings is 1. The third-order valence-corrected chi connectivity index (χ3v) is 3.95. The van der Waals surface area contributed by atoms with E-state index >= 15 is 0 Å². The monoisotopic (exact) mass is 369 g/mol. The second-order valence-electron chi connectivity index (χ2n) is 4.76. The van der Waals surface area contributed by atoms with E-state index in [2.05, 4.69) is 31.3 Å². The number of hydrogen-bond donors (Lipinski definition) is 0. The van der Waals surface area contributed by atoms with Crippen molar-refractivity contribution in [1.29, 1.82) is 0 Å². The normalized spacial score (nSPS) is 15.1. The Labute approximate surface area is 134 Å². The summed E-state index contributed by atoms with van der Waals surface area (Å²) in [5.74, 6) is -0.217. The summed E-state index contributed by atoms with van der Waals surface area (Å²) in [4.78, 5) is 15.0. The van der Waals surface area contributed by atoms with Crippen molar-refractivity contribution in [3.05, 3.63) is 28.5 Å². The summed E-state index contributed by atoms with van der Waals surface area (Å²) in [5, 5.41) is 11.9. The molecule has 1 aliphatic rings. The molecule has 1 aromatic carbocycles. The molecule has 0 bridgehead atoms. The molecule has 3 rings (SSSR count). The summed E-state index contributed by atoms with van der Waals surface area (Å²) < 4.78 is 19.2. The summed E-state index contributed by atoms with van der Waals surface area (Å²) in [5.41, 5.74) is 0.491. The number of halogens is 2. The zero-order chi connectivity index (χ0) is 15.5. The molecule has 22 heavy (non-hydrogen) atoms. The largest absolute Gasteiger partial charge is 0.378 e. The molecule has 116 valence electrons. The Hall–Kier alpha value is -1.87. The molecule has 9 heteroatoms. The number of carbonyl (C=O) groups is 1. The first-order valence-corrected chi connectivity index (χ1v) is 7.51. The molecule has 0 unspecified atom stereocenters. The van der Waals surface area contributed by atoms with Gasteiger partial charge < -0.3 is 9.64 Å². The van der Waals surface area contributed by atoms with E-state index in [1.54, 1.807) is 11.0 Å². The molecule has 1 fully saturated rings. The maximum atomic E-state index is 13.3. The SMILES string of the molecule is O=C(Cn1nnc(-c2cc(F)ccc2Br)n1)N1CCOCC1. The fourth-order valence-corrected chi connectivity index (χ4v) is 2.54. The van der Waals surface area contributed by atoms with Crippen LogP contribution in [0.15, 0.2) is 22.7 Å². The van der Waals surface area contributed by atoms with Crippen molar-refractivity contribution in [1.82, 2.24) is 25.1 Å². The van der Waals surface area contributed by atoms with Crippen LogP contribution in [-0.4, -0.2) is 57.3 Å². The van der Waals surface area contributed by atoms with Gasteiger partial charge in [0.05, 0.1) is 13.2 Å². The molecule has 0 atom stereocenters. The van der Waals surface area contributed by atoms with Crippen molar-refractivity contribution >= 4 is 21.8 Å².